The molecule has 0 saturated heterocycles. The third kappa shape index (κ3) is 1.22. The summed E-state index contributed by atoms with van der Waals surface area (Å²) in [4.78, 5) is 3.98. The zero-order valence-corrected chi connectivity index (χ0v) is 7.30. The maximum atomic E-state index is 8.78. The van der Waals surface area contributed by atoms with Gasteiger partial charge in [-0.2, -0.15) is 0 Å². The molecule has 0 radical (unpaired) electrons. The minimum Gasteiger partial charge on any atom is -0.390 e. The first kappa shape index (κ1) is 7.75. The SMILES string of the molecule is CCn1c(CO)cnc1Br. The van der Waals surface area contributed by atoms with Gasteiger partial charge in [0, 0.05) is 6.54 Å². The Kier molecular flexibility index (Phi) is 2.45. The summed E-state index contributed by atoms with van der Waals surface area (Å²) in [5.74, 6) is 0. The van der Waals surface area contributed by atoms with Crippen molar-refractivity contribution in [3.05, 3.63) is 16.6 Å². The van der Waals surface area contributed by atoms with E-state index >= 15 is 0 Å². The van der Waals surface area contributed by atoms with Crippen molar-refractivity contribution in [2.24, 2.45) is 0 Å². The van der Waals surface area contributed by atoms with Crippen LogP contribution in [0.5, 0.6) is 0 Å². The summed E-state index contributed by atoms with van der Waals surface area (Å²) in [5, 5.41) is 8.78. The van der Waals surface area contributed by atoms with Gasteiger partial charge in [0.05, 0.1) is 18.5 Å². The summed E-state index contributed by atoms with van der Waals surface area (Å²) in [6, 6.07) is 0. The summed E-state index contributed by atoms with van der Waals surface area (Å²) in [5.41, 5.74) is 0.842. The average molecular weight is 205 g/mol. The Balaban J connectivity index is 3.01. The number of rotatable bonds is 2. The van der Waals surface area contributed by atoms with Crippen molar-refractivity contribution in [3.63, 3.8) is 0 Å². The van der Waals surface area contributed by atoms with Crippen LogP contribution >= 0.6 is 15.9 Å². The molecule has 0 bridgehead atoms. The molecule has 0 fully saturated rings. The fourth-order valence-corrected chi connectivity index (χ4v) is 1.43. The quantitative estimate of drug-likeness (QED) is 0.786. The van der Waals surface area contributed by atoms with Gasteiger partial charge >= 0.3 is 0 Å². The summed E-state index contributed by atoms with van der Waals surface area (Å²) in [7, 11) is 0. The normalized spacial score (nSPS) is 10.3. The van der Waals surface area contributed by atoms with Crippen LogP contribution in [0, 0.1) is 0 Å². The van der Waals surface area contributed by atoms with Gasteiger partial charge in [-0.15, -0.1) is 0 Å². The van der Waals surface area contributed by atoms with Crippen molar-refractivity contribution >= 4 is 15.9 Å². The van der Waals surface area contributed by atoms with Gasteiger partial charge in [-0.25, -0.2) is 4.98 Å². The second kappa shape index (κ2) is 3.16. The second-order valence-corrected chi connectivity index (χ2v) is 2.63. The van der Waals surface area contributed by atoms with Gasteiger partial charge < -0.3 is 9.67 Å². The highest BCUT2D eigenvalue weighted by Crippen LogP contribution is 2.10. The van der Waals surface area contributed by atoms with Crippen LogP contribution < -0.4 is 0 Å². The van der Waals surface area contributed by atoms with Crippen molar-refractivity contribution in [3.8, 4) is 0 Å². The third-order valence-corrected chi connectivity index (χ3v) is 2.00. The minimum atomic E-state index is 0.0481. The van der Waals surface area contributed by atoms with Crippen LogP contribution in [-0.4, -0.2) is 14.7 Å². The van der Waals surface area contributed by atoms with Gasteiger partial charge in [0.2, 0.25) is 0 Å². The van der Waals surface area contributed by atoms with E-state index in [0.29, 0.717) is 0 Å². The van der Waals surface area contributed by atoms with Crippen molar-refractivity contribution in [1.82, 2.24) is 9.55 Å². The molecule has 1 aromatic heterocycles. The number of aliphatic hydroxyl groups excluding tert-OH is 1. The topological polar surface area (TPSA) is 38.0 Å². The van der Waals surface area contributed by atoms with Gasteiger partial charge in [0.25, 0.3) is 0 Å². The van der Waals surface area contributed by atoms with E-state index in [0.717, 1.165) is 17.0 Å². The molecule has 4 heteroatoms. The molecule has 0 atom stereocenters. The largest absolute Gasteiger partial charge is 0.390 e. The van der Waals surface area contributed by atoms with E-state index in [1.54, 1.807) is 6.20 Å². The Morgan fingerprint density at radius 3 is 2.90 bits per heavy atom. The Morgan fingerprint density at radius 1 is 1.80 bits per heavy atom. The first-order valence-electron chi connectivity index (χ1n) is 3.10. The van der Waals surface area contributed by atoms with Crippen molar-refractivity contribution < 1.29 is 5.11 Å². The molecule has 0 saturated carbocycles. The fourth-order valence-electron chi connectivity index (χ4n) is 0.845. The van der Waals surface area contributed by atoms with Crippen molar-refractivity contribution in [2.75, 3.05) is 0 Å². The van der Waals surface area contributed by atoms with Gasteiger partial charge in [0.15, 0.2) is 4.73 Å². The number of imidazole rings is 1. The van der Waals surface area contributed by atoms with Crippen molar-refractivity contribution in [2.45, 2.75) is 20.1 Å². The molecule has 0 amide bonds. The predicted molar refractivity (Wildman–Crippen MR) is 41.5 cm³/mol. The lowest BCUT2D eigenvalue weighted by molar-refractivity contribution is 0.270. The van der Waals surface area contributed by atoms with Gasteiger partial charge in [-0.1, -0.05) is 0 Å². The molecule has 3 nitrogen and oxygen atoms in total. The van der Waals surface area contributed by atoms with Crippen LogP contribution in [0.4, 0.5) is 0 Å². The first-order chi connectivity index (χ1) is 4.79. The van der Waals surface area contributed by atoms with Crippen LogP contribution in [0.3, 0.4) is 0 Å². The molecule has 1 heterocycles. The Bertz CT molecular complexity index is 222. The predicted octanol–water partition coefficient (Wildman–Crippen LogP) is 1.16. The van der Waals surface area contributed by atoms with Crippen LogP contribution in [0.25, 0.3) is 0 Å². The van der Waals surface area contributed by atoms with E-state index in [9.17, 15) is 0 Å². The second-order valence-electron chi connectivity index (χ2n) is 1.92. The Morgan fingerprint density at radius 2 is 2.50 bits per heavy atom. The molecular formula is C6H9BrN2O. The van der Waals surface area contributed by atoms with Crippen LogP contribution in [0.15, 0.2) is 10.9 Å². The van der Waals surface area contributed by atoms with Crippen LogP contribution in [-0.2, 0) is 13.2 Å². The van der Waals surface area contributed by atoms with Crippen LogP contribution in [0.2, 0.25) is 0 Å². The molecule has 0 aromatic carbocycles. The van der Waals surface area contributed by atoms with E-state index in [1.807, 2.05) is 11.5 Å². The zero-order valence-electron chi connectivity index (χ0n) is 5.71. The van der Waals surface area contributed by atoms with Crippen molar-refractivity contribution in [1.29, 1.82) is 0 Å². The number of hydrogen-bond donors (Lipinski definition) is 1. The number of hydrogen-bond acceptors (Lipinski definition) is 2. The molecule has 0 aliphatic heterocycles. The van der Waals surface area contributed by atoms with E-state index in [-0.39, 0.29) is 6.61 Å². The van der Waals surface area contributed by atoms with Crippen LogP contribution in [0.1, 0.15) is 12.6 Å². The summed E-state index contributed by atoms with van der Waals surface area (Å²) in [6.45, 7) is 2.88. The Labute approximate surface area is 67.8 Å². The molecule has 56 valence electrons. The molecule has 0 aliphatic rings. The van der Waals surface area contributed by atoms with E-state index in [1.165, 1.54) is 0 Å². The lowest BCUT2D eigenvalue weighted by atomic mass is 10.5. The number of aliphatic hydroxyl groups is 1. The molecule has 0 aliphatic carbocycles. The lowest BCUT2D eigenvalue weighted by Crippen LogP contribution is -1.99. The number of halogens is 1. The van der Waals surface area contributed by atoms with Gasteiger partial charge in [-0.05, 0) is 22.9 Å². The monoisotopic (exact) mass is 204 g/mol. The summed E-state index contributed by atoms with van der Waals surface area (Å²) < 4.78 is 2.68. The summed E-state index contributed by atoms with van der Waals surface area (Å²) >= 11 is 3.26. The first-order valence-corrected chi connectivity index (χ1v) is 3.89. The van der Waals surface area contributed by atoms with Gasteiger partial charge in [0.1, 0.15) is 0 Å². The smallest absolute Gasteiger partial charge is 0.177 e. The minimum absolute atomic E-state index is 0.0481. The molecule has 1 rings (SSSR count). The van der Waals surface area contributed by atoms with Gasteiger partial charge in [-0.3, -0.25) is 0 Å². The molecule has 1 aromatic rings. The molecular weight excluding hydrogens is 196 g/mol. The Hall–Kier alpha value is -0.350. The molecule has 0 spiro atoms. The van der Waals surface area contributed by atoms with E-state index < -0.39 is 0 Å². The molecule has 10 heavy (non-hydrogen) atoms. The van der Waals surface area contributed by atoms with E-state index in [2.05, 4.69) is 20.9 Å². The highest BCUT2D eigenvalue weighted by atomic mass is 79.9. The summed E-state index contributed by atoms with van der Waals surface area (Å²) in [6.07, 6.45) is 1.66. The maximum absolute atomic E-state index is 8.78. The molecule has 0 unspecified atom stereocenters. The zero-order chi connectivity index (χ0) is 7.56. The van der Waals surface area contributed by atoms with E-state index in [4.69, 9.17) is 5.11 Å². The highest BCUT2D eigenvalue weighted by molar-refractivity contribution is 9.10. The maximum Gasteiger partial charge on any atom is 0.177 e. The number of aromatic nitrogens is 2. The fraction of sp³-hybridized carbons (Fsp3) is 0.500. The third-order valence-electron chi connectivity index (χ3n) is 1.37. The lowest BCUT2D eigenvalue weighted by Gasteiger charge is -2.01. The molecule has 1 N–H and O–H groups in total. The average Bonchev–Trinajstić information content (AvgIpc) is 2.30. The number of nitrogens with zero attached hydrogens (tertiary/aromatic N) is 2. The standard InChI is InChI=1S/C6H9BrN2O/c1-2-9-5(4-10)3-8-6(9)7/h3,10H,2,4H2,1H3. The highest BCUT2D eigenvalue weighted by Gasteiger charge is 2.02.